The lowest BCUT2D eigenvalue weighted by atomic mass is 10.2. The van der Waals surface area contributed by atoms with Crippen molar-refractivity contribution in [3.05, 3.63) is 35.1 Å². The van der Waals surface area contributed by atoms with Crippen molar-refractivity contribution in [3.8, 4) is 11.5 Å². The maximum atomic E-state index is 6.15. The molecular formula is C13H17ClN4O2. The van der Waals surface area contributed by atoms with Crippen LogP contribution in [0, 0.1) is 0 Å². The summed E-state index contributed by atoms with van der Waals surface area (Å²) in [7, 11) is 3.16. The highest BCUT2D eigenvalue weighted by Crippen LogP contribution is 2.35. The summed E-state index contributed by atoms with van der Waals surface area (Å²) < 4.78 is 12.2. The van der Waals surface area contributed by atoms with Gasteiger partial charge in [-0.1, -0.05) is 16.8 Å². The van der Waals surface area contributed by atoms with Crippen LogP contribution >= 0.6 is 11.6 Å². The number of aromatic nitrogens is 3. The highest BCUT2D eigenvalue weighted by Gasteiger charge is 2.10. The van der Waals surface area contributed by atoms with E-state index in [2.05, 4.69) is 15.6 Å². The maximum absolute atomic E-state index is 6.15. The topological polar surface area (TPSA) is 61.2 Å². The van der Waals surface area contributed by atoms with Gasteiger partial charge in [0, 0.05) is 19.3 Å². The van der Waals surface area contributed by atoms with Crippen LogP contribution in [0.4, 0.5) is 0 Å². The Balaban J connectivity index is 1.91. The zero-order valence-corrected chi connectivity index (χ0v) is 12.2. The van der Waals surface area contributed by atoms with Crippen molar-refractivity contribution < 1.29 is 9.47 Å². The zero-order chi connectivity index (χ0) is 14.4. The van der Waals surface area contributed by atoms with Crippen LogP contribution in [0.5, 0.6) is 11.5 Å². The smallest absolute Gasteiger partial charge is 0.179 e. The summed E-state index contributed by atoms with van der Waals surface area (Å²) in [5, 5.41) is 11.5. The van der Waals surface area contributed by atoms with Gasteiger partial charge >= 0.3 is 0 Å². The van der Waals surface area contributed by atoms with Crippen LogP contribution in [0.25, 0.3) is 0 Å². The summed E-state index contributed by atoms with van der Waals surface area (Å²) in [6, 6.07) is 3.78. The third-order valence-corrected chi connectivity index (χ3v) is 3.09. The summed E-state index contributed by atoms with van der Waals surface area (Å²) >= 11 is 6.15. The van der Waals surface area contributed by atoms with Gasteiger partial charge in [-0.2, -0.15) is 0 Å². The molecule has 7 heteroatoms. The molecule has 0 unspecified atom stereocenters. The van der Waals surface area contributed by atoms with E-state index in [1.54, 1.807) is 25.1 Å². The Labute approximate surface area is 122 Å². The van der Waals surface area contributed by atoms with E-state index >= 15 is 0 Å². The van der Waals surface area contributed by atoms with Gasteiger partial charge in [0.15, 0.2) is 11.5 Å². The van der Waals surface area contributed by atoms with Gasteiger partial charge < -0.3 is 14.8 Å². The van der Waals surface area contributed by atoms with Crippen LogP contribution in [0.15, 0.2) is 24.5 Å². The first-order valence-corrected chi connectivity index (χ1v) is 6.57. The van der Waals surface area contributed by atoms with E-state index in [4.69, 9.17) is 21.1 Å². The van der Waals surface area contributed by atoms with Gasteiger partial charge in [-0.3, -0.25) is 4.68 Å². The van der Waals surface area contributed by atoms with Crippen LogP contribution in [-0.4, -0.2) is 35.8 Å². The first-order valence-electron chi connectivity index (χ1n) is 6.20. The van der Waals surface area contributed by atoms with E-state index in [9.17, 15) is 0 Å². The third kappa shape index (κ3) is 3.61. The largest absolute Gasteiger partial charge is 0.493 e. The van der Waals surface area contributed by atoms with E-state index < -0.39 is 0 Å². The normalized spacial score (nSPS) is 10.6. The van der Waals surface area contributed by atoms with E-state index in [0.717, 1.165) is 18.7 Å². The minimum Gasteiger partial charge on any atom is -0.493 e. The Morgan fingerprint density at radius 3 is 2.80 bits per heavy atom. The molecule has 0 aliphatic heterocycles. The number of hydrogen-bond donors (Lipinski definition) is 1. The molecule has 1 N–H and O–H groups in total. The minimum absolute atomic E-state index is 0.542. The Morgan fingerprint density at radius 2 is 2.15 bits per heavy atom. The molecule has 6 nitrogen and oxygen atoms in total. The molecule has 0 radical (unpaired) electrons. The van der Waals surface area contributed by atoms with Crippen LogP contribution in [0.1, 0.15) is 5.56 Å². The number of nitrogens with one attached hydrogen (secondary N) is 1. The van der Waals surface area contributed by atoms with Gasteiger partial charge in [-0.15, -0.1) is 5.10 Å². The van der Waals surface area contributed by atoms with Crippen LogP contribution in [0.3, 0.4) is 0 Å². The summed E-state index contributed by atoms with van der Waals surface area (Å²) in [4.78, 5) is 0. The molecule has 0 fully saturated rings. The van der Waals surface area contributed by atoms with Gasteiger partial charge in [0.1, 0.15) is 0 Å². The first-order chi connectivity index (χ1) is 9.74. The van der Waals surface area contributed by atoms with E-state index in [-0.39, 0.29) is 0 Å². The Bertz CT molecular complexity index is 546. The molecule has 0 saturated heterocycles. The first kappa shape index (κ1) is 14.6. The number of hydrogen-bond acceptors (Lipinski definition) is 5. The highest BCUT2D eigenvalue weighted by molar-refractivity contribution is 6.32. The van der Waals surface area contributed by atoms with Gasteiger partial charge in [0.2, 0.25) is 0 Å². The lowest BCUT2D eigenvalue weighted by Gasteiger charge is -2.12. The summed E-state index contributed by atoms with van der Waals surface area (Å²) in [6.45, 7) is 2.24. The van der Waals surface area contributed by atoms with E-state index in [0.29, 0.717) is 23.1 Å². The molecule has 108 valence electrons. The molecular weight excluding hydrogens is 280 g/mol. The van der Waals surface area contributed by atoms with Crippen molar-refractivity contribution in [3.63, 3.8) is 0 Å². The fourth-order valence-corrected chi connectivity index (χ4v) is 2.16. The van der Waals surface area contributed by atoms with Crippen LogP contribution in [0.2, 0.25) is 5.02 Å². The summed E-state index contributed by atoms with van der Waals surface area (Å²) in [5.41, 5.74) is 1.03. The summed E-state index contributed by atoms with van der Waals surface area (Å²) in [5.74, 6) is 1.19. The second-order valence-electron chi connectivity index (χ2n) is 4.16. The standard InChI is InChI=1S/C13H17ClN4O2/c1-19-12-8-10(7-11(14)13(12)20-2)9-15-3-5-18-6-4-16-17-18/h4,6-8,15H,3,5,9H2,1-2H3. The minimum atomic E-state index is 0.542. The average Bonchev–Trinajstić information content (AvgIpc) is 2.96. The molecule has 0 saturated carbocycles. The fraction of sp³-hybridized carbons (Fsp3) is 0.385. The maximum Gasteiger partial charge on any atom is 0.179 e. The van der Waals surface area contributed by atoms with Crippen LogP contribution < -0.4 is 14.8 Å². The Morgan fingerprint density at radius 1 is 1.30 bits per heavy atom. The Kier molecular flexibility index (Phi) is 5.20. The monoisotopic (exact) mass is 296 g/mol. The predicted octanol–water partition coefficient (Wildman–Crippen LogP) is 1.74. The van der Waals surface area contributed by atoms with Gasteiger partial charge in [-0.05, 0) is 17.7 Å². The summed E-state index contributed by atoms with van der Waals surface area (Å²) in [6.07, 6.45) is 3.49. The van der Waals surface area contributed by atoms with Crippen LogP contribution in [-0.2, 0) is 13.1 Å². The fourth-order valence-electron chi connectivity index (χ4n) is 1.85. The molecule has 1 aromatic carbocycles. The Hall–Kier alpha value is -1.79. The third-order valence-electron chi connectivity index (χ3n) is 2.81. The number of methoxy groups -OCH3 is 2. The molecule has 0 aliphatic rings. The molecule has 0 spiro atoms. The highest BCUT2D eigenvalue weighted by atomic mass is 35.5. The van der Waals surface area contributed by atoms with Crippen molar-refractivity contribution in [1.82, 2.24) is 20.3 Å². The molecule has 2 aromatic rings. The van der Waals surface area contributed by atoms with Gasteiger partial charge in [-0.25, -0.2) is 0 Å². The lowest BCUT2D eigenvalue weighted by Crippen LogP contribution is -2.19. The van der Waals surface area contributed by atoms with E-state index in [1.807, 2.05) is 18.3 Å². The van der Waals surface area contributed by atoms with Crippen molar-refractivity contribution >= 4 is 11.6 Å². The lowest BCUT2D eigenvalue weighted by molar-refractivity contribution is 0.354. The van der Waals surface area contributed by atoms with E-state index in [1.165, 1.54) is 0 Å². The molecule has 20 heavy (non-hydrogen) atoms. The van der Waals surface area contributed by atoms with Crippen molar-refractivity contribution in [2.75, 3.05) is 20.8 Å². The zero-order valence-electron chi connectivity index (χ0n) is 11.5. The predicted molar refractivity (Wildman–Crippen MR) is 76.3 cm³/mol. The molecule has 0 bridgehead atoms. The number of halogens is 1. The average molecular weight is 297 g/mol. The van der Waals surface area contributed by atoms with Crippen molar-refractivity contribution in [2.45, 2.75) is 13.1 Å². The van der Waals surface area contributed by atoms with Gasteiger partial charge in [0.25, 0.3) is 0 Å². The number of benzene rings is 1. The van der Waals surface area contributed by atoms with Crippen molar-refractivity contribution in [1.29, 1.82) is 0 Å². The number of rotatable bonds is 7. The number of ether oxygens (including phenoxy) is 2. The van der Waals surface area contributed by atoms with Gasteiger partial charge in [0.05, 0.1) is 32.0 Å². The second-order valence-corrected chi connectivity index (χ2v) is 4.56. The van der Waals surface area contributed by atoms with Crippen molar-refractivity contribution in [2.24, 2.45) is 0 Å². The SMILES string of the molecule is COc1cc(CNCCn2ccnn2)cc(Cl)c1OC. The quantitative estimate of drug-likeness (QED) is 0.789. The second kappa shape index (κ2) is 7.12. The number of nitrogens with zero attached hydrogens (tertiary/aromatic N) is 3. The molecule has 0 amide bonds. The molecule has 0 atom stereocenters. The molecule has 1 aromatic heterocycles. The molecule has 2 rings (SSSR count). The molecule has 0 aliphatic carbocycles. The molecule has 1 heterocycles.